The van der Waals surface area contributed by atoms with Crippen molar-refractivity contribution in [3.8, 4) is 11.5 Å². The maximum Gasteiger partial charge on any atom is 0.282 e. The van der Waals surface area contributed by atoms with Crippen molar-refractivity contribution in [1.29, 1.82) is 0 Å². The van der Waals surface area contributed by atoms with Crippen molar-refractivity contribution < 1.29 is 19.2 Å². The van der Waals surface area contributed by atoms with Crippen LogP contribution in [0.5, 0.6) is 11.5 Å². The first-order valence-corrected chi connectivity index (χ1v) is 8.68. The molecule has 1 aliphatic heterocycles. The number of hydrogen-bond donors (Lipinski definition) is 2. The maximum atomic E-state index is 12.5. The van der Waals surface area contributed by atoms with Crippen molar-refractivity contribution in [2.45, 2.75) is 19.5 Å². The molecule has 1 amide bonds. The van der Waals surface area contributed by atoms with Gasteiger partial charge in [-0.1, -0.05) is 17.7 Å². The standard InChI is InChI=1S/C19H21ClN2O3/c1-13(19(23)21-16-5-3-4-15(20)11-16)22(2)12-14-6-7-17-18(10-14)25-9-8-24-17/h3-7,10-11,13H,8-9,12H2,1-2H3,(H,21,23)/p+1/t13-/m0/s1. The third kappa shape index (κ3) is 4.44. The number of carbonyl (C=O) groups is 1. The summed E-state index contributed by atoms with van der Waals surface area (Å²) in [6.07, 6.45) is 0. The average Bonchev–Trinajstić information content (AvgIpc) is 2.61. The van der Waals surface area contributed by atoms with Gasteiger partial charge < -0.3 is 19.7 Å². The molecule has 6 heteroatoms. The monoisotopic (exact) mass is 361 g/mol. The maximum absolute atomic E-state index is 12.5. The third-order valence-electron chi connectivity index (χ3n) is 4.31. The van der Waals surface area contributed by atoms with Crippen molar-refractivity contribution in [3.05, 3.63) is 53.1 Å². The molecule has 1 unspecified atom stereocenters. The van der Waals surface area contributed by atoms with E-state index >= 15 is 0 Å². The van der Waals surface area contributed by atoms with Crippen LogP contribution in [0.3, 0.4) is 0 Å². The number of likely N-dealkylation sites (N-methyl/N-ethyl adjacent to an activating group) is 1. The van der Waals surface area contributed by atoms with E-state index in [1.807, 2.05) is 44.3 Å². The molecule has 0 aromatic heterocycles. The van der Waals surface area contributed by atoms with Crippen molar-refractivity contribution >= 4 is 23.2 Å². The number of fused-ring (bicyclic) bond motifs is 1. The van der Waals surface area contributed by atoms with E-state index in [1.54, 1.807) is 12.1 Å². The second kappa shape index (κ2) is 7.76. The summed E-state index contributed by atoms with van der Waals surface area (Å²) in [6, 6.07) is 12.9. The lowest BCUT2D eigenvalue weighted by molar-refractivity contribution is -0.907. The van der Waals surface area contributed by atoms with Crippen LogP contribution < -0.4 is 19.7 Å². The van der Waals surface area contributed by atoms with Gasteiger partial charge in [-0.05, 0) is 43.3 Å². The van der Waals surface area contributed by atoms with E-state index in [2.05, 4.69) is 5.32 Å². The molecule has 0 aliphatic carbocycles. The van der Waals surface area contributed by atoms with Crippen LogP contribution >= 0.6 is 11.6 Å². The highest BCUT2D eigenvalue weighted by Gasteiger charge is 2.23. The minimum absolute atomic E-state index is 0.0442. The highest BCUT2D eigenvalue weighted by atomic mass is 35.5. The second-order valence-electron chi connectivity index (χ2n) is 6.22. The molecule has 3 rings (SSSR count). The summed E-state index contributed by atoms with van der Waals surface area (Å²) in [5, 5.41) is 3.51. The van der Waals surface area contributed by atoms with Gasteiger partial charge in [0.2, 0.25) is 0 Å². The van der Waals surface area contributed by atoms with Gasteiger partial charge >= 0.3 is 0 Å². The lowest BCUT2D eigenvalue weighted by Crippen LogP contribution is -3.12. The molecule has 0 bridgehead atoms. The molecular weight excluding hydrogens is 340 g/mol. The second-order valence-corrected chi connectivity index (χ2v) is 6.66. The molecule has 2 aromatic rings. The van der Waals surface area contributed by atoms with Crippen LogP contribution in [0, 0.1) is 0 Å². The molecule has 5 nitrogen and oxygen atoms in total. The van der Waals surface area contributed by atoms with Gasteiger partial charge in [-0.25, -0.2) is 0 Å². The van der Waals surface area contributed by atoms with Crippen molar-refractivity contribution in [1.82, 2.24) is 0 Å². The average molecular weight is 362 g/mol. The molecule has 0 spiro atoms. The smallest absolute Gasteiger partial charge is 0.282 e. The number of anilines is 1. The van der Waals surface area contributed by atoms with Crippen LogP contribution in [0.25, 0.3) is 0 Å². The zero-order valence-electron chi connectivity index (χ0n) is 14.3. The zero-order valence-corrected chi connectivity index (χ0v) is 15.1. The van der Waals surface area contributed by atoms with Crippen LogP contribution in [-0.4, -0.2) is 32.2 Å². The largest absolute Gasteiger partial charge is 0.486 e. The predicted octanol–water partition coefficient (Wildman–Crippen LogP) is 2.15. The fraction of sp³-hybridized carbons (Fsp3) is 0.316. The number of ether oxygens (including phenoxy) is 2. The lowest BCUT2D eigenvalue weighted by Gasteiger charge is -2.23. The zero-order chi connectivity index (χ0) is 17.8. The number of carbonyl (C=O) groups excluding carboxylic acids is 1. The van der Waals surface area contributed by atoms with E-state index in [9.17, 15) is 4.79 Å². The molecule has 0 saturated carbocycles. The molecule has 2 atom stereocenters. The highest BCUT2D eigenvalue weighted by molar-refractivity contribution is 6.30. The van der Waals surface area contributed by atoms with Gasteiger partial charge in [0, 0.05) is 16.3 Å². The summed E-state index contributed by atoms with van der Waals surface area (Å²) in [5.74, 6) is 1.50. The normalized spacial score (nSPS) is 15.3. The number of benzene rings is 2. The topological polar surface area (TPSA) is 52.0 Å². The van der Waals surface area contributed by atoms with Crippen LogP contribution in [-0.2, 0) is 11.3 Å². The van der Waals surface area contributed by atoms with Gasteiger partial charge in [-0.3, -0.25) is 4.79 Å². The predicted molar refractivity (Wildman–Crippen MR) is 97.6 cm³/mol. The Morgan fingerprint density at radius 2 is 1.96 bits per heavy atom. The Labute approximate surface area is 152 Å². The first kappa shape index (κ1) is 17.6. The molecule has 25 heavy (non-hydrogen) atoms. The van der Waals surface area contributed by atoms with Crippen LogP contribution in [0.15, 0.2) is 42.5 Å². The van der Waals surface area contributed by atoms with Gasteiger partial charge in [0.25, 0.3) is 5.91 Å². The summed E-state index contributed by atoms with van der Waals surface area (Å²) in [5.41, 5.74) is 1.81. The summed E-state index contributed by atoms with van der Waals surface area (Å²) in [6.45, 7) is 3.77. The number of amides is 1. The Balaban J connectivity index is 1.62. The highest BCUT2D eigenvalue weighted by Crippen LogP contribution is 2.30. The Hall–Kier alpha value is -2.24. The Bertz CT molecular complexity index is 766. The molecule has 1 heterocycles. The van der Waals surface area contributed by atoms with Crippen LogP contribution in [0.4, 0.5) is 5.69 Å². The van der Waals surface area contributed by atoms with Gasteiger partial charge in [0.1, 0.15) is 19.8 Å². The lowest BCUT2D eigenvalue weighted by atomic mass is 10.1. The Kier molecular flexibility index (Phi) is 5.46. The van der Waals surface area contributed by atoms with E-state index < -0.39 is 0 Å². The van der Waals surface area contributed by atoms with E-state index in [-0.39, 0.29) is 11.9 Å². The van der Waals surface area contributed by atoms with Crippen molar-refractivity contribution in [2.75, 3.05) is 25.6 Å². The van der Waals surface area contributed by atoms with Crippen molar-refractivity contribution in [2.24, 2.45) is 0 Å². The number of rotatable bonds is 5. The van der Waals surface area contributed by atoms with Crippen molar-refractivity contribution in [3.63, 3.8) is 0 Å². The van der Waals surface area contributed by atoms with E-state index in [0.29, 0.717) is 30.5 Å². The van der Waals surface area contributed by atoms with Crippen LogP contribution in [0.1, 0.15) is 12.5 Å². The molecule has 132 valence electrons. The summed E-state index contributed by atoms with van der Waals surface area (Å²) < 4.78 is 11.2. The fourth-order valence-electron chi connectivity index (χ4n) is 2.71. The summed E-state index contributed by atoms with van der Waals surface area (Å²) in [4.78, 5) is 13.5. The number of halogens is 1. The van der Waals surface area contributed by atoms with E-state index in [4.69, 9.17) is 21.1 Å². The Morgan fingerprint density at radius 3 is 2.72 bits per heavy atom. The SMILES string of the molecule is C[C@@H](C(=O)Nc1cccc(Cl)c1)[NH+](C)Cc1ccc2c(c1)OCCO2. The summed E-state index contributed by atoms with van der Waals surface area (Å²) >= 11 is 5.96. The quantitative estimate of drug-likeness (QED) is 0.858. The molecule has 2 N–H and O–H groups in total. The van der Waals surface area contributed by atoms with Gasteiger partial charge in [-0.15, -0.1) is 0 Å². The number of quaternary nitrogens is 1. The molecular formula is C19H22ClN2O3+. The molecule has 1 aliphatic rings. The van der Waals surface area contributed by atoms with Crippen LogP contribution in [0.2, 0.25) is 5.02 Å². The fourth-order valence-corrected chi connectivity index (χ4v) is 2.90. The molecule has 2 aromatic carbocycles. The first-order valence-electron chi connectivity index (χ1n) is 8.30. The molecule has 0 saturated heterocycles. The Morgan fingerprint density at radius 1 is 1.20 bits per heavy atom. The number of hydrogen-bond acceptors (Lipinski definition) is 3. The van der Waals surface area contributed by atoms with E-state index in [0.717, 1.165) is 22.0 Å². The summed E-state index contributed by atoms with van der Waals surface area (Å²) in [7, 11) is 2.00. The minimum Gasteiger partial charge on any atom is -0.486 e. The molecule has 0 radical (unpaired) electrons. The van der Waals surface area contributed by atoms with Gasteiger partial charge in [0.15, 0.2) is 17.5 Å². The van der Waals surface area contributed by atoms with Gasteiger partial charge in [-0.2, -0.15) is 0 Å². The minimum atomic E-state index is -0.216. The third-order valence-corrected chi connectivity index (χ3v) is 4.55. The van der Waals surface area contributed by atoms with E-state index in [1.165, 1.54) is 0 Å². The first-order chi connectivity index (χ1) is 12.0. The number of nitrogens with one attached hydrogen (secondary N) is 2. The molecule has 0 fully saturated rings. The van der Waals surface area contributed by atoms with Gasteiger partial charge in [0.05, 0.1) is 7.05 Å².